The first-order chi connectivity index (χ1) is 16.1. The van der Waals surface area contributed by atoms with Crippen LogP contribution in [-0.4, -0.2) is 53.6 Å². The highest BCUT2D eigenvalue weighted by Gasteiger charge is 2.25. The van der Waals surface area contributed by atoms with Crippen LogP contribution in [0.4, 0.5) is 0 Å². The second-order valence-corrected chi connectivity index (χ2v) is 8.70. The van der Waals surface area contributed by atoms with Gasteiger partial charge in [0.1, 0.15) is 10.3 Å². The van der Waals surface area contributed by atoms with E-state index in [0.29, 0.717) is 29.1 Å². The van der Waals surface area contributed by atoms with Gasteiger partial charge in [-0.3, -0.25) is 14.6 Å². The van der Waals surface area contributed by atoms with Gasteiger partial charge in [0.2, 0.25) is 0 Å². The minimum atomic E-state index is -0.222. The molecule has 0 aliphatic carbocycles. The molecule has 172 valence electrons. The molecular formula is C25H28N4O3S. The Hall–Kier alpha value is -3.23. The van der Waals surface area contributed by atoms with Crippen molar-refractivity contribution in [2.24, 2.45) is 0 Å². The average molecular weight is 465 g/mol. The molecule has 0 saturated carbocycles. The summed E-state index contributed by atoms with van der Waals surface area (Å²) >= 11 is 1.31. The lowest BCUT2D eigenvalue weighted by Crippen LogP contribution is -2.34. The van der Waals surface area contributed by atoms with E-state index in [1.165, 1.54) is 18.4 Å². The van der Waals surface area contributed by atoms with Gasteiger partial charge in [-0.2, -0.15) is 0 Å². The van der Waals surface area contributed by atoms with Crippen molar-refractivity contribution < 1.29 is 9.53 Å². The maximum atomic E-state index is 13.7. The Balaban J connectivity index is 1.80. The van der Waals surface area contributed by atoms with Crippen LogP contribution in [0.2, 0.25) is 0 Å². The molecule has 3 aromatic heterocycles. The van der Waals surface area contributed by atoms with Crippen molar-refractivity contribution in [3.63, 3.8) is 0 Å². The molecule has 7 nitrogen and oxygen atoms in total. The molecule has 0 bridgehead atoms. The van der Waals surface area contributed by atoms with E-state index in [-0.39, 0.29) is 11.5 Å². The molecule has 0 radical (unpaired) electrons. The summed E-state index contributed by atoms with van der Waals surface area (Å²) in [4.78, 5) is 33.8. The Morgan fingerprint density at radius 3 is 2.61 bits per heavy atom. The van der Waals surface area contributed by atoms with Crippen molar-refractivity contribution in [3.8, 4) is 5.75 Å². The number of rotatable bonds is 9. The number of fused-ring (bicyclic) bond motifs is 3. The van der Waals surface area contributed by atoms with Crippen LogP contribution in [-0.2, 0) is 6.54 Å². The minimum Gasteiger partial charge on any atom is -0.494 e. The van der Waals surface area contributed by atoms with E-state index in [2.05, 4.69) is 29.0 Å². The Bertz CT molecular complexity index is 1330. The van der Waals surface area contributed by atoms with Gasteiger partial charge in [-0.05, 0) is 31.3 Å². The standard InChI is InChI=1S/C25H28N4O3S/c1-4-28(5-2)15-14-27-24(30)23-21(32-3)20-22(33-23)18-11-6-7-12-19(18)29(25(20)31)16-17-10-8-9-13-26-17/h6-13H,4-5,14-16H2,1-3H3,(H,27,30). The molecule has 0 unspecified atom stereocenters. The number of hydrogen-bond donors (Lipinski definition) is 1. The van der Waals surface area contributed by atoms with Gasteiger partial charge in [0.15, 0.2) is 5.75 Å². The number of pyridine rings is 2. The van der Waals surface area contributed by atoms with Crippen LogP contribution >= 0.6 is 11.3 Å². The Morgan fingerprint density at radius 1 is 1.15 bits per heavy atom. The number of nitrogens with one attached hydrogen (secondary N) is 1. The van der Waals surface area contributed by atoms with Gasteiger partial charge in [0, 0.05) is 24.7 Å². The molecule has 1 aromatic carbocycles. The van der Waals surface area contributed by atoms with Gasteiger partial charge in [-0.25, -0.2) is 0 Å². The van der Waals surface area contributed by atoms with E-state index < -0.39 is 0 Å². The average Bonchev–Trinajstić information content (AvgIpc) is 3.25. The normalized spacial score (nSPS) is 11.4. The summed E-state index contributed by atoms with van der Waals surface area (Å²) < 4.78 is 8.10. The minimum absolute atomic E-state index is 0.190. The third-order valence-electron chi connectivity index (χ3n) is 5.83. The highest BCUT2D eigenvalue weighted by molar-refractivity contribution is 7.22. The van der Waals surface area contributed by atoms with Crippen molar-refractivity contribution in [2.45, 2.75) is 20.4 Å². The third-order valence-corrected chi connectivity index (χ3v) is 7.03. The zero-order valence-corrected chi connectivity index (χ0v) is 19.9. The smallest absolute Gasteiger partial charge is 0.265 e. The summed E-state index contributed by atoms with van der Waals surface area (Å²) in [5.41, 5.74) is 1.40. The number of hydrogen-bond acceptors (Lipinski definition) is 6. The lowest BCUT2D eigenvalue weighted by atomic mass is 10.1. The summed E-state index contributed by atoms with van der Waals surface area (Å²) in [6.45, 7) is 7.69. The fraction of sp³-hybridized carbons (Fsp3) is 0.320. The number of aromatic nitrogens is 2. The summed E-state index contributed by atoms with van der Waals surface area (Å²) in [7, 11) is 1.51. The second kappa shape index (κ2) is 10.1. The Morgan fingerprint density at radius 2 is 1.91 bits per heavy atom. The summed E-state index contributed by atoms with van der Waals surface area (Å²) in [6.07, 6.45) is 1.72. The Labute approximate surface area is 196 Å². The van der Waals surface area contributed by atoms with Crippen molar-refractivity contribution in [1.82, 2.24) is 19.8 Å². The number of thiophene rings is 1. The van der Waals surface area contributed by atoms with Crippen LogP contribution in [0.25, 0.3) is 21.0 Å². The summed E-state index contributed by atoms with van der Waals surface area (Å²) in [5, 5.41) is 4.33. The number of ether oxygens (including phenoxy) is 1. The second-order valence-electron chi connectivity index (χ2n) is 7.68. The van der Waals surface area contributed by atoms with Crippen molar-refractivity contribution in [1.29, 1.82) is 0 Å². The molecule has 4 rings (SSSR count). The van der Waals surface area contributed by atoms with Gasteiger partial charge >= 0.3 is 0 Å². The summed E-state index contributed by atoms with van der Waals surface area (Å²) in [5.74, 6) is 0.112. The van der Waals surface area contributed by atoms with E-state index >= 15 is 0 Å². The molecule has 0 fully saturated rings. The molecule has 1 amide bonds. The van der Waals surface area contributed by atoms with E-state index in [4.69, 9.17) is 4.74 Å². The first-order valence-corrected chi connectivity index (χ1v) is 11.9. The predicted molar refractivity (Wildman–Crippen MR) is 134 cm³/mol. The van der Waals surface area contributed by atoms with Crippen LogP contribution in [0.1, 0.15) is 29.2 Å². The number of carbonyl (C=O) groups excluding carboxylic acids is 1. The first-order valence-electron chi connectivity index (χ1n) is 11.1. The van der Waals surface area contributed by atoms with Crippen LogP contribution in [0, 0.1) is 0 Å². The number of benzene rings is 1. The lowest BCUT2D eigenvalue weighted by Gasteiger charge is -2.17. The zero-order valence-electron chi connectivity index (χ0n) is 19.1. The Kier molecular flexibility index (Phi) is 7.05. The number of para-hydroxylation sites is 1. The fourth-order valence-corrected chi connectivity index (χ4v) is 5.26. The molecule has 0 aliphatic heterocycles. The van der Waals surface area contributed by atoms with Gasteiger partial charge < -0.3 is 19.5 Å². The molecule has 33 heavy (non-hydrogen) atoms. The third kappa shape index (κ3) is 4.49. The van der Waals surface area contributed by atoms with E-state index in [0.717, 1.165) is 40.9 Å². The molecule has 0 aliphatic rings. The SMILES string of the molecule is CCN(CC)CCNC(=O)c1sc2c(c1OC)c(=O)n(Cc1ccccn1)c1ccccc21. The van der Waals surface area contributed by atoms with Crippen molar-refractivity contribution in [2.75, 3.05) is 33.3 Å². The van der Waals surface area contributed by atoms with E-state index in [1.807, 2.05) is 42.5 Å². The monoisotopic (exact) mass is 464 g/mol. The number of likely N-dealkylation sites (N-methyl/N-ethyl adjacent to an activating group) is 1. The molecule has 0 atom stereocenters. The highest BCUT2D eigenvalue weighted by Crippen LogP contribution is 2.39. The lowest BCUT2D eigenvalue weighted by molar-refractivity contribution is 0.0950. The number of amides is 1. The predicted octanol–water partition coefficient (Wildman–Crippen LogP) is 3.74. The van der Waals surface area contributed by atoms with Gasteiger partial charge in [-0.15, -0.1) is 11.3 Å². The van der Waals surface area contributed by atoms with Crippen LogP contribution in [0.5, 0.6) is 5.75 Å². The molecule has 8 heteroatoms. The molecule has 3 heterocycles. The quantitative estimate of drug-likeness (QED) is 0.408. The van der Waals surface area contributed by atoms with Crippen LogP contribution in [0.3, 0.4) is 0 Å². The zero-order chi connectivity index (χ0) is 23.4. The van der Waals surface area contributed by atoms with Crippen LogP contribution in [0.15, 0.2) is 53.5 Å². The van der Waals surface area contributed by atoms with Crippen molar-refractivity contribution >= 4 is 38.2 Å². The first kappa shape index (κ1) is 22.9. The van der Waals surface area contributed by atoms with E-state index in [9.17, 15) is 9.59 Å². The topological polar surface area (TPSA) is 76.5 Å². The van der Waals surface area contributed by atoms with Crippen molar-refractivity contribution in [3.05, 3.63) is 69.6 Å². The maximum Gasteiger partial charge on any atom is 0.265 e. The molecule has 4 aromatic rings. The molecule has 0 spiro atoms. The van der Waals surface area contributed by atoms with Gasteiger partial charge in [0.25, 0.3) is 11.5 Å². The fourth-order valence-electron chi connectivity index (χ4n) is 4.05. The number of nitrogens with zero attached hydrogens (tertiary/aromatic N) is 3. The molecule has 0 saturated heterocycles. The van der Waals surface area contributed by atoms with E-state index in [1.54, 1.807) is 10.8 Å². The molecular weight excluding hydrogens is 436 g/mol. The largest absolute Gasteiger partial charge is 0.494 e. The van der Waals surface area contributed by atoms with Gasteiger partial charge in [-0.1, -0.05) is 38.1 Å². The van der Waals surface area contributed by atoms with Crippen LogP contribution < -0.4 is 15.6 Å². The van der Waals surface area contributed by atoms with Gasteiger partial charge in [0.05, 0.1) is 29.6 Å². The highest BCUT2D eigenvalue weighted by atomic mass is 32.1. The molecule has 1 N–H and O–H groups in total. The number of methoxy groups -OCH3 is 1. The summed E-state index contributed by atoms with van der Waals surface area (Å²) in [6, 6.07) is 13.4. The number of carbonyl (C=O) groups is 1. The maximum absolute atomic E-state index is 13.7.